The number of anilines is 1. The van der Waals surface area contributed by atoms with Gasteiger partial charge in [-0.1, -0.05) is 0 Å². The quantitative estimate of drug-likeness (QED) is 0.739. The Hall–Kier alpha value is -3.12. The van der Waals surface area contributed by atoms with Crippen LogP contribution < -0.4 is 10.1 Å². The van der Waals surface area contributed by atoms with E-state index < -0.39 is 0 Å². The fraction of sp³-hybridized carbons (Fsp3) is 0.273. The number of piperidine rings is 1. The summed E-state index contributed by atoms with van der Waals surface area (Å²) in [6.07, 6.45) is 7.68. The third-order valence-electron chi connectivity index (χ3n) is 5.01. The van der Waals surface area contributed by atoms with E-state index in [-0.39, 0.29) is 12.0 Å². The van der Waals surface area contributed by atoms with Crippen LogP contribution in [0.4, 0.5) is 5.69 Å². The number of nitrogens with zero attached hydrogens (tertiary/aromatic N) is 3. The summed E-state index contributed by atoms with van der Waals surface area (Å²) in [6, 6.07) is 15.0. The van der Waals surface area contributed by atoms with E-state index in [0.717, 1.165) is 43.1 Å². The van der Waals surface area contributed by atoms with Gasteiger partial charge in [0.05, 0.1) is 6.33 Å². The first-order valence-corrected chi connectivity index (χ1v) is 9.52. The highest BCUT2D eigenvalue weighted by Crippen LogP contribution is 2.21. The number of nitrogens with one attached hydrogen (secondary N) is 1. The van der Waals surface area contributed by atoms with E-state index in [9.17, 15) is 4.79 Å². The minimum Gasteiger partial charge on any atom is -0.490 e. The molecule has 6 heteroatoms. The molecule has 1 N–H and O–H groups in total. The number of ether oxygens (including phenoxy) is 1. The van der Waals surface area contributed by atoms with Crippen molar-refractivity contribution in [3.8, 4) is 11.4 Å². The summed E-state index contributed by atoms with van der Waals surface area (Å²) >= 11 is 0. The van der Waals surface area contributed by atoms with Gasteiger partial charge >= 0.3 is 0 Å². The molecule has 1 fully saturated rings. The molecule has 0 unspecified atom stereocenters. The first-order valence-electron chi connectivity index (χ1n) is 9.52. The predicted octanol–water partition coefficient (Wildman–Crippen LogP) is 3.60. The van der Waals surface area contributed by atoms with Crippen molar-refractivity contribution in [3.63, 3.8) is 0 Å². The first-order chi connectivity index (χ1) is 13.7. The lowest BCUT2D eigenvalue weighted by Crippen LogP contribution is -2.35. The molecule has 1 aromatic heterocycles. The first kappa shape index (κ1) is 18.3. The van der Waals surface area contributed by atoms with Crippen LogP contribution in [0.5, 0.6) is 5.75 Å². The fourth-order valence-electron chi connectivity index (χ4n) is 3.31. The van der Waals surface area contributed by atoms with Crippen molar-refractivity contribution < 1.29 is 9.53 Å². The Labute approximate surface area is 164 Å². The van der Waals surface area contributed by atoms with E-state index in [1.165, 1.54) is 0 Å². The molecule has 0 aliphatic carbocycles. The molecule has 2 heterocycles. The standard InChI is InChI=1S/C22H24N4O2/c1-25-13-10-21(11-14-25)28-20-8-4-18(5-9-20)24-22(27)17-2-6-19(7-3-17)26-15-12-23-16-26/h2-9,12,15-16,21H,10-11,13-14H2,1H3,(H,24,27). The molecular weight excluding hydrogens is 352 g/mol. The maximum atomic E-state index is 12.5. The summed E-state index contributed by atoms with van der Waals surface area (Å²) in [5.41, 5.74) is 2.32. The second-order valence-electron chi connectivity index (χ2n) is 7.12. The molecule has 0 spiro atoms. The van der Waals surface area contributed by atoms with Crippen molar-refractivity contribution in [3.05, 3.63) is 72.8 Å². The summed E-state index contributed by atoms with van der Waals surface area (Å²) in [6.45, 7) is 2.14. The zero-order chi connectivity index (χ0) is 19.3. The van der Waals surface area contributed by atoms with Crippen LogP contribution in [0.1, 0.15) is 23.2 Å². The molecule has 1 saturated heterocycles. The van der Waals surface area contributed by atoms with Gasteiger partial charge < -0.3 is 19.5 Å². The Bertz CT molecular complexity index is 897. The average molecular weight is 376 g/mol. The number of likely N-dealkylation sites (tertiary alicyclic amines) is 1. The lowest BCUT2D eigenvalue weighted by molar-refractivity contribution is 0.102. The summed E-state index contributed by atoms with van der Waals surface area (Å²) in [5.74, 6) is 0.707. The molecule has 0 bridgehead atoms. The number of rotatable bonds is 5. The van der Waals surface area contributed by atoms with E-state index in [2.05, 4.69) is 22.2 Å². The van der Waals surface area contributed by atoms with Gasteiger partial charge in [-0.05, 0) is 68.4 Å². The summed E-state index contributed by atoms with van der Waals surface area (Å²) < 4.78 is 7.94. The molecule has 1 aliphatic heterocycles. The van der Waals surface area contributed by atoms with Gasteiger partial charge in [0.25, 0.3) is 5.91 Å². The molecule has 28 heavy (non-hydrogen) atoms. The zero-order valence-corrected chi connectivity index (χ0v) is 15.9. The van der Waals surface area contributed by atoms with E-state index in [4.69, 9.17) is 4.74 Å². The normalized spacial score (nSPS) is 15.3. The van der Waals surface area contributed by atoms with E-state index in [1.54, 1.807) is 12.5 Å². The van der Waals surface area contributed by atoms with Crippen LogP contribution >= 0.6 is 0 Å². The van der Waals surface area contributed by atoms with Crippen molar-refractivity contribution in [1.29, 1.82) is 0 Å². The van der Waals surface area contributed by atoms with Gasteiger partial charge in [-0.25, -0.2) is 4.98 Å². The Morgan fingerprint density at radius 1 is 1.07 bits per heavy atom. The van der Waals surface area contributed by atoms with Crippen molar-refractivity contribution in [1.82, 2.24) is 14.5 Å². The van der Waals surface area contributed by atoms with Gasteiger partial charge in [0.2, 0.25) is 0 Å². The van der Waals surface area contributed by atoms with Crippen molar-refractivity contribution in [2.45, 2.75) is 18.9 Å². The highest BCUT2D eigenvalue weighted by atomic mass is 16.5. The molecule has 144 valence electrons. The van der Waals surface area contributed by atoms with Crippen LogP contribution in [0.3, 0.4) is 0 Å². The lowest BCUT2D eigenvalue weighted by Gasteiger charge is -2.29. The summed E-state index contributed by atoms with van der Waals surface area (Å²) in [5, 5.41) is 2.93. The van der Waals surface area contributed by atoms with Gasteiger partial charge in [-0.15, -0.1) is 0 Å². The minimum atomic E-state index is -0.138. The molecule has 6 nitrogen and oxygen atoms in total. The number of hydrogen-bond acceptors (Lipinski definition) is 4. The van der Waals surface area contributed by atoms with Crippen LogP contribution in [-0.4, -0.2) is 46.6 Å². The summed E-state index contributed by atoms with van der Waals surface area (Å²) in [7, 11) is 2.14. The molecule has 0 radical (unpaired) electrons. The Morgan fingerprint density at radius 3 is 2.43 bits per heavy atom. The van der Waals surface area contributed by atoms with Crippen LogP contribution in [0.25, 0.3) is 5.69 Å². The van der Waals surface area contributed by atoms with Gasteiger partial charge in [0.1, 0.15) is 11.9 Å². The topological polar surface area (TPSA) is 59.4 Å². The monoisotopic (exact) mass is 376 g/mol. The number of amides is 1. The molecule has 4 rings (SSSR count). The number of hydrogen-bond donors (Lipinski definition) is 1. The number of aromatic nitrogens is 2. The highest BCUT2D eigenvalue weighted by molar-refractivity contribution is 6.04. The van der Waals surface area contributed by atoms with Crippen LogP contribution in [-0.2, 0) is 0 Å². The molecule has 0 atom stereocenters. The predicted molar refractivity (Wildman–Crippen MR) is 109 cm³/mol. The minimum absolute atomic E-state index is 0.138. The third-order valence-corrected chi connectivity index (χ3v) is 5.01. The zero-order valence-electron chi connectivity index (χ0n) is 15.9. The van der Waals surface area contributed by atoms with Crippen molar-refractivity contribution in [2.75, 3.05) is 25.5 Å². The molecule has 3 aromatic rings. The largest absolute Gasteiger partial charge is 0.490 e. The van der Waals surface area contributed by atoms with Crippen molar-refractivity contribution in [2.24, 2.45) is 0 Å². The second-order valence-corrected chi connectivity index (χ2v) is 7.12. The molecular formula is C22H24N4O2. The molecule has 1 aliphatic rings. The summed E-state index contributed by atoms with van der Waals surface area (Å²) in [4.78, 5) is 18.8. The van der Waals surface area contributed by atoms with Crippen LogP contribution in [0, 0.1) is 0 Å². The van der Waals surface area contributed by atoms with Crippen LogP contribution in [0.15, 0.2) is 67.3 Å². The Balaban J connectivity index is 1.34. The van der Waals surface area contributed by atoms with E-state index in [1.807, 2.05) is 59.3 Å². The smallest absolute Gasteiger partial charge is 0.255 e. The molecule has 1 amide bonds. The number of carbonyl (C=O) groups excluding carboxylic acids is 1. The highest BCUT2D eigenvalue weighted by Gasteiger charge is 2.18. The van der Waals surface area contributed by atoms with Gasteiger partial charge in [0.15, 0.2) is 0 Å². The second kappa shape index (κ2) is 8.27. The van der Waals surface area contributed by atoms with Crippen LogP contribution in [0.2, 0.25) is 0 Å². The van der Waals surface area contributed by atoms with Gasteiger partial charge in [-0.2, -0.15) is 0 Å². The third kappa shape index (κ3) is 4.40. The van der Waals surface area contributed by atoms with Gasteiger partial charge in [0, 0.05) is 42.4 Å². The lowest BCUT2D eigenvalue weighted by atomic mass is 10.1. The molecule has 2 aromatic carbocycles. The van der Waals surface area contributed by atoms with Crippen molar-refractivity contribution >= 4 is 11.6 Å². The van der Waals surface area contributed by atoms with E-state index >= 15 is 0 Å². The average Bonchev–Trinajstić information content (AvgIpc) is 3.26. The number of imidazole rings is 1. The Morgan fingerprint density at radius 2 is 1.79 bits per heavy atom. The van der Waals surface area contributed by atoms with E-state index in [0.29, 0.717) is 5.56 Å². The Kier molecular flexibility index (Phi) is 5.39. The maximum Gasteiger partial charge on any atom is 0.255 e. The molecule has 0 saturated carbocycles. The van der Waals surface area contributed by atoms with Gasteiger partial charge in [-0.3, -0.25) is 4.79 Å². The fourth-order valence-corrected chi connectivity index (χ4v) is 3.31. The number of benzene rings is 2. The number of carbonyl (C=O) groups is 1. The maximum absolute atomic E-state index is 12.5. The SMILES string of the molecule is CN1CCC(Oc2ccc(NC(=O)c3ccc(-n4ccnc4)cc3)cc2)CC1.